The predicted octanol–water partition coefficient (Wildman–Crippen LogP) is 7.96. The van der Waals surface area contributed by atoms with E-state index in [9.17, 15) is 4.79 Å². The summed E-state index contributed by atoms with van der Waals surface area (Å²) in [5.74, 6) is 0.824. The first-order valence-corrected chi connectivity index (χ1v) is 13.2. The highest BCUT2D eigenvalue weighted by molar-refractivity contribution is 6.09. The number of benzene rings is 5. The maximum atomic E-state index is 12.9. The van der Waals surface area contributed by atoms with E-state index in [1.807, 2.05) is 79.0 Å². The van der Waals surface area contributed by atoms with Gasteiger partial charge in [-0.15, -0.1) is 0 Å². The molecule has 0 N–H and O–H groups in total. The minimum Gasteiger partial charge on any atom is -0.459 e. The third-order valence-corrected chi connectivity index (χ3v) is 8.44. The summed E-state index contributed by atoms with van der Waals surface area (Å²) in [6.45, 7) is 4.44. The van der Waals surface area contributed by atoms with E-state index in [0.29, 0.717) is 11.1 Å². The van der Waals surface area contributed by atoms with Gasteiger partial charge in [0.1, 0.15) is 11.4 Å². The Morgan fingerprint density at radius 3 is 2.26 bits per heavy atom. The predicted molar refractivity (Wildman–Crippen MR) is 159 cm³/mol. The van der Waals surface area contributed by atoms with Crippen LogP contribution in [0.5, 0.6) is 5.75 Å². The smallest absolute Gasteiger partial charge is 0.228 e. The molecule has 0 aromatic heterocycles. The lowest BCUT2D eigenvalue weighted by Gasteiger charge is -2.45. The van der Waals surface area contributed by atoms with E-state index in [1.165, 1.54) is 5.56 Å². The molecular formula is C35H28N2O2. The summed E-state index contributed by atoms with van der Waals surface area (Å²) in [5.41, 5.74) is 5.60. The molecule has 190 valence electrons. The molecule has 4 nitrogen and oxygen atoms in total. The normalized spacial score (nSPS) is 18.6. The highest BCUT2D eigenvalue weighted by atomic mass is 16.5. The van der Waals surface area contributed by atoms with E-state index in [-0.39, 0.29) is 11.2 Å². The molecule has 2 heterocycles. The van der Waals surface area contributed by atoms with Gasteiger partial charge in [-0.1, -0.05) is 91.0 Å². The number of fused-ring (bicyclic) bond motifs is 4. The molecule has 1 atom stereocenters. The van der Waals surface area contributed by atoms with Gasteiger partial charge in [-0.05, 0) is 54.1 Å². The van der Waals surface area contributed by atoms with Gasteiger partial charge in [-0.3, -0.25) is 9.79 Å². The summed E-state index contributed by atoms with van der Waals surface area (Å²) in [6, 6.07) is 36.2. The van der Waals surface area contributed by atoms with Crippen LogP contribution in [0.3, 0.4) is 0 Å². The topological polar surface area (TPSA) is 41.9 Å². The number of rotatable bonds is 3. The van der Waals surface area contributed by atoms with Gasteiger partial charge in [0, 0.05) is 29.2 Å². The number of hydrogen-bond acceptors (Lipinski definition) is 4. The summed E-state index contributed by atoms with van der Waals surface area (Å²) in [6.07, 6.45) is 1.98. The van der Waals surface area contributed by atoms with Crippen LogP contribution < -0.4 is 9.64 Å². The van der Waals surface area contributed by atoms with Gasteiger partial charge < -0.3 is 9.64 Å². The Bertz CT molecular complexity index is 1790. The van der Waals surface area contributed by atoms with E-state index in [4.69, 9.17) is 9.73 Å². The summed E-state index contributed by atoms with van der Waals surface area (Å²) >= 11 is 0. The first-order valence-electron chi connectivity index (χ1n) is 13.2. The van der Waals surface area contributed by atoms with Crippen LogP contribution in [-0.4, -0.2) is 24.8 Å². The third kappa shape index (κ3) is 3.38. The van der Waals surface area contributed by atoms with Crippen molar-refractivity contribution in [3.8, 4) is 16.9 Å². The number of likely N-dealkylation sites (N-methyl/N-ethyl adjacent to an activating group) is 1. The Morgan fingerprint density at radius 2 is 1.46 bits per heavy atom. The number of ether oxygens (including phenoxy) is 1. The van der Waals surface area contributed by atoms with Gasteiger partial charge in [-0.2, -0.15) is 0 Å². The van der Waals surface area contributed by atoms with E-state index < -0.39 is 5.72 Å². The molecule has 5 aromatic carbocycles. The maximum Gasteiger partial charge on any atom is 0.228 e. The Balaban J connectivity index is 1.24. The van der Waals surface area contributed by atoms with Crippen LogP contribution in [0.2, 0.25) is 0 Å². The van der Waals surface area contributed by atoms with Gasteiger partial charge in [-0.25, -0.2) is 0 Å². The second kappa shape index (κ2) is 8.40. The molecule has 0 aliphatic carbocycles. The SMILES string of the molecule is CN1c2ccc(-c3ccc(C(=O)c4ccccc4)cc3)cc2C(C)(C)C12C=Nc1c(ccc3ccccc13)O2. The summed E-state index contributed by atoms with van der Waals surface area (Å²) in [5, 5.41) is 2.24. The minimum absolute atomic E-state index is 0.0302. The molecule has 0 radical (unpaired) electrons. The van der Waals surface area contributed by atoms with E-state index in [1.54, 1.807) is 0 Å². The van der Waals surface area contributed by atoms with Crippen LogP contribution in [0.25, 0.3) is 21.9 Å². The molecule has 2 aliphatic heterocycles. The molecule has 4 heteroatoms. The molecule has 0 bridgehead atoms. The quantitative estimate of drug-likeness (QED) is 0.232. The lowest BCUT2D eigenvalue weighted by molar-refractivity contribution is 0.0827. The zero-order valence-corrected chi connectivity index (χ0v) is 22.2. The first-order chi connectivity index (χ1) is 18.9. The lowest BCUT2D eigenvalue weighted by Crippen LogP contribution is -2.61. The van der Waals surface area contributed by atoms with Crippen LogP contribution in [0.15, 0.2) is 114 Å². The standard InChI is InChI=1S/C35H28N2O2/c1-34(2)29-21-27(23-13-15-26(16-14-23)33(38)25-10-5-4-6-11-25)17-19-30(29)37(3)35(34)22-36-32-28-12-8-7-9-24(28)18-20-31(32)39-35/h4-22H,1-3H3. The molecule has 0 amide bonds. The van der Waals surface area contributed by atoms with Crippen molar-refractivity contribution in [1.82, 2.24) is 0 Å². The van der Waals surface area contributed by atoms with Crippen molar-refractivity contribution in [1.29, 1.82) is 0 Å². The number of carbonyl (C=O) groups is 1. The fraction of sp³-hybridized carbons (Fsp3) is 0.143. The molecule has 39 heavy (non-hydrogen) atoms. The Labute approximate surface area is 228 Å². The zero-order chi connectivity index (χ0) is 26.8. The molecular weight excluding hydrogens is 480 g/mol. The zero-order valence-electron chi connectivity index (χ0n) is 22.2. The Morgan fingerprint density at radius 1 is 0.769 bits per heavy atom. The second-order valence-electron chi connectivity index (χ2n) is 10.9. The second-order valence-corrected chi connectivity index (χ2v) is 10.9. The van der Waals surface area contributed by atoms with Crippen molar-refractivity contribution in [2.24, 2.45) is 4.99 Å². The average molecular weight is 509 g/mol. The van der Waals surface area contributed by atoms with Crippen molar-refractivity contribution in [3.63, 3.8) is 0 Å². The van der Waals surface area contributed by atoms with Gasteiger partial charge in [0.15, 0.2) is 5.78 Å². The lowest BCUT2D eigenvalue weighted by atomic mass is 9.77. The number of carbonyl (C=O) groups excluding carboxylic acids is 1. The van der Waals surface area contributed by atoms with Crippen molar-refractivity contribution < 1.29 is 9.53 Å². The van der Waals surface area contributed by atoms with E-state index >= 15 is 0 Å². The van der Waals surface area contributed by atoms with Crippen LogP contribution in [0.1, 0.15) is 35.3 Å². The van der Waals surface area contributed by atoms with Crippen LogP contribution in [0.4, 0.5) is 11.4 Å². The number of hydrogen-bond donors (Lipinski definition) is 0. The molecule has 1 spiro atoms. The molecule has 0 saturated carbocycles. The monoisotopic (exact) mass is 508 g/mol. The Kier molecular flexibility index (Phi) is 5.05. The molecule has 1 unspecified atom stereocenters. The largest absolute Gasteiger partial charge is 0.459 e. The fourth-order valence-electron chi connectivity index (χ4n) is 6.11. The molecule has 7 rings (SSSR count). The summed E-state index contributed by atoms with van der Waals surface area (Å²) in [4.78, 5) is 20.1. The summed E-state index contributed by atoms with van der Waals surface area (Å²) < 4.78 is 6.87. The van der Waals surface area contributed by atoms with Crippen LogP contribution in [0, 0.1) is 0 Å². The van der Waals surface area contributed by atoms with Gasteiger partial charge in [0.05, 0.1) is 11.6 Å². The number of anilines is 1. The van der Waals surface area contributed by atoms with Crippen molar-refractivity contribution in [3.05, 3.63) is 126 Å². The van der Waals surface area contributed by atoms with Gasteiger partial charge >= 0.3 is 0 Å². The third-order valence-electron chi connectivity index (χ3n) is 8.44. The minimum atomic E-state index is -0.755. The van der Waals surface area contributed by atoms with Crippen molar-refractivity contribution >= 4 is 34.1 Å². The van der Waals surface area contributed by atoms with Gasteiger partial charge in [0.2, 0.25) is 5.72 Å². The van der Waals surface area contributed by atoms with Crippen LogP contribution >= 0.6 is 0 Å². The molecule has 0 saturated heterocycles. The number of ketones is 1. The number of nitrogens with zero attached hydrogens (tertiary/aromatic N) is 2. The Hall–Kier alpha value is -4.70. The maximum absolute atomic E-state index is 12.9. The molecule has 0 fully saturated rings. The molecule has 2 aliphatic rings. The summed E-state index contributed by atoms with van der Waals surface area (Å²) in [7, 11) is 2.08. The van der Waals surface area contributed by atoms with Gasteiger partial charge in [0.25, 0.3) is 0 Å². The van der Waals surface area contributed by atoms with Crippen molar-refractivity contribution in [2.45, 2.75) is 25.0 Å². The first kappa shape index (κ1) is 23.4. The van der Waals surface area contributed by atoms with E-state index in [0.717, 1.165) is 39.0 Å². The highest BCUT2D eigenvalue weighted by Crippen LogP contribution is 2.54. The van der Waals surface area contributed by atoms with E-state index in [2.05, 4.69) is 62.2 Å². The fourth-order valence-corrected chi connectivity index (χ4v) is 6.11. The van der Waals surface area contributed by atoms with Crippen LogP contribution in [-0.2, 0) is 5.41 Å². The number of aliphatic imine (C=N–C) groups is 1. The van der Waals surface area contributed by atoms with Crippen molar-refractivity contribution in [2.75, 3.05) is 11.9 Å². The highest BCUT2D eigenvalue weighted by Gasteiger charge is 2.58. The average Bonchev–Trinajstić information content (AvgIpc) is 3.14. The molecule has 5 aromatic rings.